The molecule has 0 aromatic heterocycles. The Labute approximate surface area is 193 Å². The van der Waals surface area contributed by atoms with Gasteiger partial charge in [0, 0.05) is 61.4 Å². The fraction of sp³-hybridized carbons (Fsp3) is 0.417. The van der Waals surface area contributed by atoms with Crippen LogP contribution in [0.25, 0.3) is 0 Å². The minimum absolute atomic E-state index is 0.0260. The predicted octanol–water partition coefficient (Wildman–Crippen LogP) is 4.19. The largest absolute Gasteiger partial charge is 0.340 e. The molecule has 164 valence electrons. The maximum absolute atomic E-state index is 13.1. The normalized spacial score (nSPS) is 20.0. The molecule has 1 unspecified atom stereocenters. The van der Waals surface area contributed by atoms with E-state index in [0.29, 0.717) is 23.7 Å². The minimum atomic E-state index is -0.118. The third kappa shape index (κ3) is 5.59. The van der Waals surface area contributed by atoms with Gasteiger partial charge < -0.3 is 9.80 Å². The van der Waals surface area contributed by atoms with Crippen LogP contribution in [0.4, 0.5) is 0 Å². The van der Waals surface area contributed by atoms with E-state index in [1.165, 1.54) is 5.56 Å². The molecule has 2 aromatic rings. The summed E-state index contributed by atoms with van der Waals surface area (Å²) in [6.45, 7) is 5.22. The maximum Gasteiger partial charge on any atom is 0.253 e. The number of hydrogen-bond acceptors (Lipinski definition) is 3. The van der Waals surface area contributed by atoms with E-state index in [0.717, 1.165) is 50.6 Å². The number of carbonyl (C=O) groups is 2. The van der Waals surface area contributed by atoms with Crippen molar-refractivity contribution in [1.29, 1.82) is 0 Å². The topological polar surface area (TPSA) is 43.9 Å². The molecule has 0 spiro atoms. The number of likely N-dealkylation sites (tertiary alicyclic amines) is 1. The van der Waals surface area contributed by atoms with Gasteiger partial charge in [0.15, 0.2) is 0 Å². The summed E-state index contributed by atoms with van der Waals surface area (Å²) in [7, 11) is 0. The smallest absolute Gasteiger partial charge is 0.253 e. The van der Waals surface area contributed by atoms with E-state index in [-0.39, 0.29) is 17.7 Å². The lowest BCUT2D eigenvalue weighted by Gasteiger charge is -2.39. The number of piperidine rings is 1. The van der Waals surface area contributed by atoms with Gasteiger partial charge in [-0.2, -0.15) is 0 Å². The second-order valence-corrected chi connectivity index (χ2v) is 9.20. The first-order chi connectivity index (χ1) is 15.0. The molecular formula is C24H27Cl2N3O2. The molecular weight excluding hydrogens is 433 g/mol. The third-order valence-electron chi connectivity index (χ3n) is 6.15. The van der Waals surface area contributed by atoms with E-state index in [1.807, 2.05) is 34.1 Å². The molecule has 2 heterocycles. The number of carbonyl (C=O) groups excluding carboxylic acids is 2. The fourth-order valence-electron chi connectivity index (χ4n) is 4.37. The number of hydrogen-bond donors (Lipinski definition) is 0. The molecule has 7 heteroatoms. The van der Waals surface area contributed by atoms with E-state index in [9.17, 15) is 9.59 Å². The van der Waals surface area contributed by atoms with Gasteiger partial charge in [-0.25, -0.2) is 0 Å². The lowest BCUT2D eigenvalue weighted by atomic mass is 9.95. The second-order valence-electron chi connectivity index (χ2n) is 8.33. The molecule has 2 saturated heterocycles. The van der Waals surface area contributed by atoms with Crippen molar-refractivity contribution < 1.29 is 9.59 Å². The van der Waals surface area contributed by atoms with Crippen LogP contribution in [0.1, 0.15) is 28.8 Å². The quantitative estimate of drug-likeness (QED) is 0.688. The van der Waals surface area contributed by atoms with Gasteiger partial charge in [-0.3, -0.25) is 14.5 Å². The van der Waals surface area contributed by atoms with E-state index in [4.69, 9.17) is 23.2 Å². The van der Waals surface area contributed by atoms with Gasteiger partial charge in [0.05, 0.1) is 5.92 Å². The highest BCUT2D eigenvalue weighted by Gasteiger charge is 2.32. The van der Waals surface area contributed by atoms with Gasteiger partial charge in [0.2, 0.25) is 5.91 Å². The highest BCUT2D eigenvalue weighted by Crippen LogP contribution is 2.22. The molecule has 31 heavy (non-hydrogen) atoms. The Bertz CT molecular complexity index is 909. The predicted molar refractivity (Wildman–Crippen MR) is 123 cm³/mol. The van der Waals surface area contributed by atoms with Crippen LogP contribution in [-0.4, -0.2) is 65.8 Å². The molecule has 4 rings (SSSR count). The van der Waals surface area contributed by atoms with Crippen LogP contribution in [-0.2, 0) is 11.3 Å². The molecule has 1 atom stereocenters. The van der Waals surface area contributed by atoms with Crippen LogP contribution >= 0.6 is 23.2 Å². The van der Waals surface area contributed by atoms with Gasteiger partial charge in [-0.15, -0.1) is 0 Å². The first kappa shape index (κ1) is 22.1. The van der Waals surface area contributed by atoms with Crippen molar-refractivity contribution in [3.05, 3.63) is 69.7 Å². The molecule has 2 fully saturated rings. The number of nitrogens with zero attached hydrogens (tertiary/aromatic N) is 3. The van der Waals surface area contributed by atoms with Gasteiger partial charge >= 0.3 is 0 Å². The van der Waals surface area contributed by atoms with E-state index in [1.54, 1.807) is 24.3 Å². The maximum atomic E-state index is 13.1. The van der Waals surface area contributed by atoms with Crippen molar-refractivity contribution in [3.8, 4) is 0 Å². The standard InChI is InChI=1S/C24H27Cl2N3O2/c25-21-7-3-18(4-8-21)16-27-12-14-28(15-13-27)24(31)20-2-1-11-29(17-20)23(30)19-5-9-22(26)10-6-19/h3-10,20H,1-2,11-17H2. The Balaban J connectivity index is 1.29. The lowest BCUT2D eigenvalue weighted by molar-refractivity contribution is -0.138. The summed E-state index contributed by atoms with van der Waals surface area (Å²) in [5.41, 5.74) is 1.85. The van der Waals surface area contributed by atoms with E-state index < -0.39 is 0 Å². The van der Waals surface area contributed by atoms with Crippen molar-refractivity contribution in [2.75, 3.05) is 39.3 Å². The zero-order valence-corrected chi connectivity index (χ0v) is 19.0. The summed E-state index contributed by atoms with van der Waals surface area (Å²) in [6, 6.07) is 14.9. The summed E-state index contributed by atoms with van der Waals surface area (Å²) >= 11 is 11.9. The lowest BCUT2D eigenvalue weighted by Crippen LogP contribution is -2.52. The second kappa shape index (κ2) is 10.0. The Kier molecular flexibility index (Phi) is 7.16. The monoisotopic (exact) mass is 459 g/mol. The van der Waals surface area contributed by atoms with Gasteiger partial charge in [0.1, 0.15) is 0 Å². The Morgan fingerprint density at radius 1 is 0.806 bits per heavy atom. The summed E-state index contributed by atoms with van der Waals surface area (Å²) < 4.78 is 0. The molecule has 0 bridgehead atoms. The number of amides is 2. The Hall–Kier alpha value is -2.08. The van der Waals surface area contributed by atoms with Crippen molar-refractivity contribution in [1.82, 2.24) is 14.7 Å². The van der Waals surface area contributed by atoms with Crippen LogP contribution in [0.2, 0.25) is 10.0 Å². The molecule has 0 aliphatic carbocycles. The van der Waals surface area contributed by atoms with Crippen molar-refractivity contribution in [2.45, 2.75) is 19.4 Å². The molecule has 2 aliphatic heterocycles. The van der Waals surface area contributed by atoms with Crippen LogP contribution in [0.3, 0.4) is 0 Å². The average molecular weight is 460 g/mol. The molecule has 0 saturated carbocycles. The summed E-state index contributed by atoms with van der Waals surface area (Å²) in [5, 5.41) is 1.36. The van der Waals surface area contributed by atoms with Crippen LogP contribution in [0.5, 0.6) is 0 Å². The zero-order valence-electron chi connectivity index (χ0n) is 17.5. The Morgan fingerprint density at radius 3 is 2.06 bits per heavy atom. The number of benzene rings is 2. The minimum Gasteiger partial charge on any atom is -0.340 e. The summed E-state index contributed by atoms with van der Waals surface area (Å²) in [4.78, 5) is 32.1. The highest BCUT2D eigenvalue weighted by molar-refractivity contribution is 6.30. The number of halogens is 2. The Morgan fingerprint density at radius 2 is 1.42 bits per heavy atom. The van der Waals surface area contributed by atoms with Gasteiger partial charge in [-0.05, 0) is 54.8 Å². The van der Waals surface area contributed by atoms with E-state index in [2.05, 4.69) is 4.90 Å². The molecule has 2 aromatic carbocycles. The first-order valence-corrected chi connectivity index (χ1v) is 11.6. The zero-order chi connectivity index (χ0) is 21.8. The molecule has 2 aliphatic rings. The number of piperazine rings is 1. The molecule has 0 N–H and O–H groups in total. The highest BCUT2D eigenvalue weighted by atomic mass is 35.5. The van der Waals surface area contributed by atoms with Crippen molar-refractivity contribution in [2.24, 2.45) is 5.92 Å². The van der Waals surface area contributed by atoms with Gasteiger partial charge in [0.25, 0.3) is 5.91 Å². The first-order valence-electron chi connectivity index (χ1n) is 10.8. The third-order valence-corrected chi connectivity index (χ3v) is 6.66. The average Bonchev–Trinajstić information content (AvgIpc) is 2.81. The SMILES string of the molecule is O=C(c1ccc(Cl)cc1)N1CCCC(C(=O)N2CCN(Cc3ccc(Cl)cc3)CC2)C1. The summed E-state index contributed by atoms with van der Waals surface area (Å²) in [5.74, 6) is 0.0366. The molecule has 2 amide bonds. The summed E-state index contributed by atoms with van der Waals surface area (Å²) in [6.07, 6.45) is 1.69. The fourth-order valence-corrected chi connectivity index (χ4v) is 4.62. The van der Waals surface area contributed by atoms with Gasteiger partial charge in [-0.1, -0.05) is 35.3 Å². The van der Waals surface area contributed by atoms with Crippen molar-refractivity contribution >= 4 is 35.0 Å². The van der Waals surface area contributed by atoms with Crippen LogP contribution < -0.4 is 0 Å². The number of rotatable bonds is 4. The molecule has 5 nitrogen and oxygen atoms in total. The van der Waals surface area contributed by atoms with Crippen LogP contribution in [0, 0.1) is 5.92 Å². The van der Waals surface area contributed by atoms with E-state index >= 15 is 0 Å². The van der Waals surface area contributed by atoms with Crippen molar-refractivity contribution in [3.63, 3.8) is 0 Å². The molecule has 0 radical (unpaired) electrons. The van der Waals surface area contributed by atoms with Crippen LogP contribution in [0.15, 0.2) is 48.5 Å².